The van der Waals surface area contributed by atoms with E-state index in [0.29, 0.717) is 11.8 Å². The number of aliphatic imine (C=N–C) groups is 1. The second-order valence-electron chi connectivity index (χ2n) is 4.28. The Hall–Kier alpha value is -0.570. The van der Waals surface area contributed by atoms with Gasteiger partial charge in [-0.2, -0.15) is 0 Å². The van der Waals surface area contributed by atoms with Crippen LogP contribution in [0.15, 0.2) is 4.99 Å². The number of ether oxygens (including phenoxy) is 1. The Balaban J connectivity index is 3.33. The molecule has 0 aromatic rings. The molecule has 0 fully saturated rings. The highest BCUT2D eigenvalue weighted by molar-refractivity contribution is 5.82. The van der Waals surface area contributed by atoms with Crippen LogP contribution in [-0.2, 0) is 4.74 Å². The fraction of sp³-hybridized carbons (Fsp3) is 0.909. The molecule has 0 heterocycles. The molecule has 0 unspecified atom stereocenters. The van der Waals surface area contributed by atoms with Crippen LogP contribution in [0.4, 0.5) is 0 Å². The van der Waals surface area contributed by atoms with E-state index in [1.807, 2.05) is 13.8 Å². The summed E-state index contributed by atoms with van der Waals surface area (Å²) in [6, 6.07) is 0. The predicted molar refractivity (Wildman–Crippen MR) is 61.6 cm³/mol. The van der Waals surface area contributed by atoms with E-state index in [0.717, 1.165) is 32.0 Å². The Morgan fingerprint density at radius 2 is 1.93 bits per heavy atom. The molecule has 0 amide bonds. The first kappa shape index (κ1) is 13.4. The van der Waals surface area contributed by atoms with Gasteiger partial charge in [0, 0.05) is 25.7 Å². The van der Waals surface area contributed by atoms with Crippen LogP contribution < -0.4 is 5.73 Å². The zero-order valence-electron chi connectivity index (χ0n) is 9.92. The summed E-state index contributed by atoms with van der Waals surface area (Å²) in [5, 5.41) is 0. The van der Waals surface area contributed by atoms with Crippen LogP contribution in [0.1, 0.15) is 34.1 Å². The van der Waals surface area contributed by atoms with Crippen LogP contribution in [0.2, 0.25) is 0 Å². The van der Waals surface area contributed by atoms with Crippen molar-refractivity contribution >= 4 is 5.84 Å². The average Bonchev–Trinajstić information content (AvgIpc) is 2.09. The summed E-state index contributed by atoms with van der Waals surface area (Å²) < 4.78 is 5.43. The fourth-order valence-electron chi connectivity index (χ4n) is 0.876. The van der Waals surface area contributed by atoms with Crippen molar-refractivity contribution in [3.63, 3.8) is 0 Å². The van der Waals surface area contributed by atoms with Crippen molar-refractivity contribution in [2.75, 3.05) is 19.8 Å². The van der Waals surface area contributed by atoms with E-state index in [2.05, 4.69) is 18.8 Å². The van der Waals surface area contributed by atoms with Crippen molar-refractivity contribution in [1.82, 2.24) is 0 Å². The minimum Gasteiger partial charge on any atom is -0.387 e. The summed E-state index contributed by atoms with van der Waals surface area (Å²) in [4.78, 5) is 4.25. The lowest BCUT2D eigenvalue weighted by Crippen LogP contribution is -2.19. The zero-order valence-corrected chi connectivity index (χ0v) is 9.92. The largest absolute Gasteiger partial charge is 0.387 e. The summed E-state index contributed by atoms with van der Waals surface area (Å²) >= 11 is 0. The van der Waals surface area contributed by atoms with Gasteiger partial charge in [-0.25, -0.2) is 0 Å². The lowest BCUT2D eigenvalue weighted by molar-refractivity contribution is 0.109. The average molecular weight is 200 g/mol. The summed E-state index contributed by atoms with van der Waals surface area (Å²) in [5.41, 5.74) is 5.69. The Labute approximate surface area is 87.7 Å². The van der Waals surface area contributed by atoms with Crippen LogP contribution in [0.5, 0.6) is 0 Å². The van der Waals surface area contributed by atoms with Gasteiger partial charge in [0.1, 0.15) is 0 Å². The van der Waals surface area contributed by atoms with E-state index in [1.165, 1.54) is 0 Å². The molecule has 0 saturated carbocycles. The third-order valence-electron chi connectivity index (χ3n) is 1.78. The Kier molecular flexibility index (Phi) is 7.48. The molecule has 2 N–H and O–H groups in total. The first-order valence-electron chi connectivity index (χ1n) is 5.41. The molecule has 0 aliphatic heterocycles. The summed E-state index contributed by atoms with van der Waals surface area (Å²) in [5.74, 6) is 1.71. The maximum Gasteiger partial charge on any atom is 0.0962 e. The molecule has 0 spiro atoms. The molecule has 0 atom stereocenters. The monoisotopic (exact) mass is 200 g/mol. The van der Waals surface area contributed by atoms with Gasteiger partial charge in [-0.05, 0) is 12.3 Å². The molecule has 0 aliphatic rings. The van der Waals surface area contributed by atoms with Crippen molar-refractivity contribution in [2.45, 2.75) is 34.1 Å². The molecule has 0 radical (unpaired) electrons. The van der Waals surface area contributed by atoms with Crippen molar-refractivity contribution in [3.05, 3.63) is 0 Å². The molecule has 3 heteroatoms. The molecule has 14 heavy (non-hydrogen) atoms. The lowest BCUT2D eigenvalue weighted by atomic mass is 10.2. The molecule has 0 saturated heterocycles. The van der Waals surface area contributed by atoms with Gasteiger partial charge in [0.15, 0.2) is 0 Å². The first-order valence-corrected chi connectivity index (χ1v) is 5.41. The normalized spacial score (nSPS) is 12.9. The van der Waals surface area contributed by atoms with Crippen LogP contribution in [0, 0.1) is 11.8 Å². The maximum atomic E-state index is 5.69. The minimum absolute atomic E-state index is 0.353. The molecule has 0 aromatic carbocycles. The van der Waals surface area contributed by atoms with Gasteiger partial charge >= 0.3 is 0 Å². The number of amidine groups is 1. The van der Waals surface area contributed by atoms with E-state index in [9.17, 15) is 0 Å². The van der Waals surface area contributed by atoms with Gasteiger partial charge in [0.05, 0.1) is 5.84 Å². The van der Waals surface area contributed by atoms with Gasteiger partial charge in [-0.3, -0.25) is 4.99 Å². The number of nitrogens with zero attached hydrogens (tertiary/aromatic N) is 1. The van der Waals surface area contributed by atoms with Gasteiger partial charge in [0.2, 0.25) is 0 Å². The zero-order chi connectivity index (χ0) is 11.0. The van der Waals surface area contributed by atoms with Crippen LogP contribution in [0.3, 0.4) is 0 Å². The smallest absolute Gasteiger partial charge is 0.0962 e. The van der Waals surface area contributed by atoms with Crippen molar-refractivity contribution in [2.24, 2.45) is 22.6 Å². The van der Waals surface area contributed by atoms with Gasteiger partial charge in [0.25, 0.3) is 0 Å². The molecule has 84 valence electrons. The summed E-state index contributed by atoms with van der Waals surface area (Å²) in [6.07, 6.45) is 0.958. The van der Waals surface area contributed by atoms with E-state index >= 15 is 0 Å². The molecule has 3 nitrogen and oxygen atoms in total. The highest BCUT2D eigenvalue weighted by atomic mass is 16.5. The standard InChI is InChI=1S/C11H24N2O/c1-9(2)8-14-7-5-6-13-11(12)10(3)4/h9-10H,5-8H2,1-4H3,(H2,12,13). The van der Waals surface area contributed by atoms with Gasteiger partial charge in [-0.1, -0.05) is 27.7 Å². The molecular weight excluding hydrogens is 176 g/mol. The van der Waals surface area contributed by atoms with Crippen molar-refractivity contribution in [1.29, 1.82) is 0 Å². The highest BCUT2D eigenvalue weighted by Crippen LogP contribution is 1.95. The second kappa shape index (κ2) is 7.80. The van der Waals surface area contributed by atoms with E-state index in [1.54, 1.807) is 0 Å². The van der Waals surface area contributed by atoms with E-state index in [-0.39, 0.29) is 0 Å². The molecule has 0 rings (SSSR count). The van der Waals surface area contributed by atoms with Crippen LogP contribution in [-0.4, -0.2) is 25.6 Å². The van der Waals surface area contributed by atoms with Crippen LogP contribution >= 0.6 is 0 Å². The topological polar surface area (TPSA) is 47.6 Å². The molecular formula is C11H24N2O. The van der Waals surface area contributed by atoms with Gasteiger partial charge in [-0.15, -0.1) is 0 Å². The third kappa shape index (κ3) is 8.05. The second-order valence-corrected chi connectivity index (χ2v) is 4.28. The SMILES string of the molecule is CC(C)COCCCN=C(N)C(C)C. The quantitative estimate of drug-likeness (QED) is 0.388. The summed E-state index contributed by atoms with van der Waals surface area (Å²) in [6.45, 7) is 10.8. The Bertz CT molecular complexity index is 165. The van der Waals surface area contributed by atoms with E-state index in [4.69, 9.17) is 10.5 Å². The maximum absolute atomic E-state index is 5.69. The molecule has 0 bridgehead atoms. The van der Waals surface area contributed by atoms with Crippen LogP contribution in [0.25, 0.3) is 0 Å². The number of hydrogen-bond acceptors (Lipinski definition) is 2. The predicted octanol–water partition coefficient (Wildman–Crippen LogP) is 2.06. The third-order valence-corrected chi connectivity index (χ3v) is 1.78. The fourth-order valence-corrected chi connectivity index (χ4v) is 0.876. The number of hydrogen-bond donors (Lipinski definition) is 1. The molecule has 0 aromatic heterocycles. The number of rotatable bonds is 7. The van der Waals surface area contributed by atoms with E-state index < -0.39 is 0 Å². The summed E-state index contributed by atoms with van der Waals surface area (Å²) in [7, 11) is 0. The highest BCUT2D eigenvalue weighted by Gasteiger charge is 1.97. The van der Waals surface area contributed by atoms with Gasteiger partial charge < -0.3 is 10.5 Å². The lowest BCUT2D eigenvalue weighted by Gasteiger charge is -2.06. The van der Waals surface area contributed by atoms with Crippen molar-refractivity contribution in [3.8, 4) is 0 Å². The Morgan fingerprint density at radius 3 is 2.43 bits per heavy atom. The van der Waals surface area contributed by atoms with Crippen molar-refractivity contribution < 1.29 is 4.74 Å². The molecule has 0 aliphatic carbocycles. The first-order chi connectivity index (χ1) is 6.54. The Morgan fingerprint density at radius 1 is 1.29 bits per heavy atom. The number of nitrogens with two attached hydrogens (primary N) is 1. The minimum atomic E-state index is 0.353.